The molecular formula is C4H7N3. The Morgan fingerprint density at radius 3 is 2.43 bits per heavy atom. The largest absolute Gasteiger partial charge is 0.400 e. The Bertz CT molecular complexity index is 134. The summed E-state index contributed by atoms with van der Waals surface area (Å²) in [7, 11) is 0. The second kappa shape index (κ2) is 1.26. The van der Waals surface area contributed by atoms with Crippen molar-refractivity contribution in [3.63, 3.8) is 0 Å². The van der Waals surface area contributed by atoms with Crippen LogP contribution in [-0.2, 0) is 0 Å². The van der Waals surface area contributed by atoms with Crippen molar-refractivity contribution in [2.45, 2.75) is 0 Å². The molecule has 38 valence electrons. The maximum Gasteiger partial charge on any atom is 0.120 e. The molecule has 0 aliphatic carbocycles. The minimum absolute atomic E-state index is 0.539. The van der Waals surface area contributed by atoms with Crippen molar-refractivity contribution < 1.29 is 0 Å². The van der Waals surface area contributed by atoms with E-state index in [0.29, 0.717) is 12.4 Å². The summed E-state index contributed by atoms with van der Waals surface area (Å²) in [5.41, 5.74) is 11.3. The summed E-state index contributed by atoms with van der Waals surface area (Å²) in [6.07, 6.45) is 1.67. The molecule has 1 heterocycles. The molecule has 1 aliphatic rings. The van der Waals surface area contributed by atoms with Crippen molar-refractivity contribution in [2.24, 2.45) is 16.5 Å². The van der Waals surface area contributed by atoms with E-state index in [4.69, 9.17) is 11.5 Å². The molecule has 1 aliphatic heterocycles. The van der Waals surface area contributed by atoms with Gasteiger partial charge in [-0.15, -0.1) is 0 Å². The zero-order valence-corrected chi connectivity index (χ0v) is 3.89. The van der Waals surface area contributed by atoms with Crippen LogP contribution in [0.1, 0.15) is 0 Å². The fourth-order valence-electron chi connectivity index (χ4n) is 0.464. The monoisotopic (exact) mass is 97.1 g/mol. The fraction of sp³-hybridized carbons (Fsp3) is 0.250. The summed E-state index contributed by atoms with van der Waals surface area (Å²) < 4.78 is 0. The van der Waals surface area contributed by atoms with E-state index in [1.807, 2.05) is 0 Å². The first-order valence-corrected chi connectivity index (χ1v) is 2.05. The quantitative estimate of drug-likeness (QED) is 0.415. The second-order valence-corrected chi connectivity index (χ2v) is 1.46. The minimum atomic E-state index is 0.539. The summed E-state index contributed by atoms with van der Waals surface area (Å²) in [4.78, 5) is 3.79. The molecule has 0 bridgehead atoms. The van der Waals surface area contributed by atoms with Crippen LogP contribution >= 0.6 is 0 Å². The molecule has 0 aromatic carbocycles. The third kappa shape index (κ3) is 0.707. The lowest BCUT2D eigenvalue weighted by Gasteiger charge is -1.79. The van der Waals surface area contributed by atoms with Crippen LogP contribution in [0, 0.1) is 0 Å². The van der Waals surface area contributed by atoms with Gasteiger partial charge in [0.05, 0.1) is 6.54 Å². The van der Waals surface area contributed by atoms with Crippen molar-refractivity contribution in [1.82, 2.24) is 0 Å². The zero-order chi connectivity index (χ0) is 5.28. The molecule has 0 unspecified atom stereocenters. The lowest BCUT2D eigenvalue weighted by molar-refractivity contribution is 1.14. The van der Waals surface area contributed by atoms with Gasteiger partial charge in [0.1, 0.15) is 5.84 Å². The van der Waals surface area contributed by atoms with Gasteiger partial charge >= 0.3 is 0 Å². The van der Waals surface area contributed by atoms with Crippen molar-refractivity contribution in [2.75, 3.05) is 6.54 Å². The molecule has 0 saturated heterocycles. The Morgan fingerprint density at radius 1 is 1.57 bits per heavy atom. The normalized spacial score (nSPS) is 18.9. The summed E-state index contributed by atoms with van der Waals surface area (Å²) in [6, 6.07) is 0. The van der Waals surface area contributed by atoms with E-state index in [1.54, 1.807) is 6.08 Å². The van der Waals surface area contributed by atoms with Crippen LogP contribution in [-0.4, -0.2) is 12.4 Å². The highest BCUT2D eigenvalue weighted by atomic mass is 14.9. The van der Waals surface area contributed by atoms with E-state index in [1.165, 1.54) is 0 Å². The van der Waals surface area contributed by atoms with Crippen molar-refractivity contribution in [1.29, 1.82) is 0 Å². The van der Waals surface area contributed by atoms with Crippen LogP contribution in [0.5, 0.6) is 0 Å². The Kier molecular flexibility index (Phi) is 0.749. The molecule has 0 spiro atoms. The molecule has 0 aromatic rings. The number of hydrogen-bond acceptors (Lipinski definition) is 3. The van der Waals surface area contributed by atoms with Crippen LogP contribution in [0.15, 0.2) is 16.8 Å². The van der Waals surface area contributed by atoms with Gasteiger partial charge in [-0.2, -0.15) is 0 Å². The highest BCUT2D eigenvalue weighted by Crippen LogP contribution is 1.92. The van der Waals surface area contributed by atoms with E-state index >= 15 is 0 Å². The first-order chi connectivity index (χ1) is 3.29. The molecular weight excluding hydrogens is 90.1 g/mol. The van der Waals surface area contributed by atoms with Crippen LogP contribution < -0.4 is 11.5 Å². The third-order valence-corrected chi connectivity index (χ3v) is 0.777. The van der Waals surface area contributed by atoms with Crippen molar-refractivity contribution >= 4 is 5.84 Å². The van der Waals surface area contributed by atoms with E-state index in [9.17, 15) is 0 Å². The first-order valence-electron chi connectivity index (χ1n) is 2.05. The van der Waals surface area contributed by atoms with Gasteiger partial charge in [0, 0.05) is 11.8 Å². The predicted octanol–water partition coefficient (Wildman–Crippen LogP) is -0.800. The van der Waals surface area contributed by atoms with Gasteiger partial charge in [0.25, 0.3) is 0 Å². The fourth-order valence-corrected chi connectivity index (χ4v) is 0.464. The standard InChI is InChI=1S/C4H7N3/c5-3-1-4(6)7-2-3/h1H,2,5H2,(H2,6,7). The average molecular weight is 97.1 g/mol. The SMILES string of the molecule is NC1=CC(N)=NC1. The Balaban J connectivity index is 2.69. The number of hydrogen-bond donors (Lipinski definition) is 2. The lowest BCUT2D eigenvalue weighted by atomic mass is 10.4. The Hall–Kier alpha value is -0.990. The number of nitrogens with two attached hydrogens (primary N) is 2. The Labute approximate surface area is 41.7 Å². The third-order valence-electron chi connectivity index (χ3n) is 0.777. The summed E-state index contributed by atoms with van der Waals surface area (Å²) >= 11 is 0. The zero-order valence-electron chi connectivity index (χ0n) is 3.89. The molecule has 0 atom stereocenters. The van der Waals surface area contributed by atoms with E-state index < -0.39 is 0 Å². The van der Waals surface area contributed by atoms with E-state index in [0.717, 1.165) is 5.70 Å². The van der Waals surface area contributed by atoms with E-state index in [2.05, 4.69) is 4.99 Å². The summed E-state index contributed by atoms with van der Waals surface area (Å²) in [5.74, 6) is 0.539. The molecule has 0 amide bonds. The number of rotatable bonds is 0. The van der Waals surface area contributed by atoms with Crippen LogP contribution in [0.3, 0.4) is 0 Å². The molecule has 3 heteroatoms. The molecule has 0 saturated carbocycles. The smallest absolute Gasteiger partial charge is 0.120 e. The number of amidine groups is 1. The topological polar surface area (TPSA) is 64.4 Å². The second-order valence-electron chi connectivity index (χ2n) is 1.46. The summed E-state index contributed by atoms with van der Waals surface area (Å²) in [6.45, 7) is 0.575. The van der Waals surface area contributed by atoms with Gasteiger partial charge in [-0.05, 0) is 0 Å². The van der Waals surface area contributed by atoms with Gasteiger partial charge < -0.3 is 11.5 Å². The van der Waals surface area contributed by atoms with Gasteiger partial charge in [-0.1, -0.05) is 0 Å². The average Bonchev–Trinajstić information content (AvgIpc) is 1.87. The van der Waals surface area contributed by atoms with Gasteiger partial charge in [0.15, 0.2) is 0 Å². The number of aliphatic imine (C=N–C) groups is 1. The lowest BCUT2D eigenvalue weighted by Crippen LogP contribution is -2.04. The predicted molar refractivity (Wildman–Crippen MR) is 28.8 cm³/mol. The number of nitrogens with zero attached hydrogens (tertiary/aromatic N) is 1. The van der Waals surface area contributed by atoms with Crippen molar-refractivity contribution in [3.8, 4) is 0 Å². The highest BCUT2D eigenvalue weighted by Gasteiger charge is 1.97. The van der Waals surface area contributed by atoms with Crippen LogP contribution in [0.4, 0.5) is 0 Å². The molecule has 0 aromatic heterocycles. The van der Waals surface area contributed by atoms with Crippen molar-refractivity contribution in [3.05, 3.63) is 11.8 Å². The van der Waals surface area contributed by atoms with Gasteiger partial charge in [0.2, 0.25) is 0 Å². The minimum Gasteiger partial charge on any atom is -0.400 e. The maximum absolute atomic E-state index is 5.29. The Morgan fingerprint density at radius 2 is 2.29 bits per heavy atom. The van der Waals surface area contributed by atoms with Crippen LogP contribution in [0.2, 0.25) is 0 Å². The van der Waals surface area contributed by atoms with Crippen LogP contribution in [0.25, 0.3) is 0 Å². The van der Waals surface area contributed by atoms with Gasteiger partial charge in [-0.3, -0.25) is 4.99 Å². The molecule has 0 fully saturated rings. The molecule has 3 nitrogen and oxygen atoms in total. The molecule has 0 radical (unpaired) electrons. The molecule has 1 rings (SSSR count). The molecule has 7 heavy (non-hydrogen) atoms. The molecule has 4 N–H and O–H groups in total. The van der Waals surface area contributed by atoms with E-state index in [-0.39, 0.29) is 0 Å². The highest BCUT2D eigenvalue weighted by molar-refractivity contribution is 5.93. The maximum atomic E-state index is 5.29. The van der Waals surface area contributed by atoms with Gasteiger partial charge in [-0.25, -0.2) is 0 Å². The summed E-state index contributed by atoms with van der Waals surface area (Å²) in [5, 5.41) is 0. The first kappa shape index (κ1) is 4.18.